The summed E-state index contributed by atoms with van der Waals surface area (Å²) in [5.74, 6) is -0.0355. The number of carbonyl (C=O) groups excluding carboxylic acids is 2. The Kier molecular flexibility index (Phi) is 4.08. The van der Waals surface area contributed by atoms with E-state index in [9.17, 15) is 9.59 Å². The second-order valence-electron chi connectivity index (χ2n) is 6.88. The number of benzene rings is 2. The van der Waals surface area contributed by atoms with Gasteiger partial charge in [-0.2, -0.15) is 5.10 Å². The van der Waals surface area contributed by atoms with Crippen LogP contribution in [0.3, 0.4) is 0 Å². The van der Waals surface area contributed by atoms with E-state index in [-0.39, 0.29) is 17.4 Å². The number of nitrogens with zero attached hydrogens (tertiary/aromatic N) is 4. The zero-order chi connectivity index (χ0) is 21.0. The number of amides is 2. The van der Waals surface area contributed by atoms with Crippen LogP contribution >= 0.6 is 11.6 Å². The molecule has 2 amide bonds. The van der Waals surface area contributed by atoms with Crippen molar-refractivity contribution in [3.8, 4) is 22.7 Å². The highest BCUT2D eigenvalue weighted by molar-refractivity contribution is 6.30. The number of imide groups is 1. The van der Waals surface area contributed by atoms with Crippen molar-refractivity contribution >= 4 is 34.4 Å². The zero-order valence-corrected chi connectivity index (χ0v) is 16.8. The molecule has 4 aromatic rings. The summed E-state index contributed by atoms with van der Waals surface area (Å²) < 4.78 is 6.90. The second kappa shape index (κ2) is 6.67. The van der Waals surface area contributed by atoms with Crippen molar-refractivity contribution in [2.45, 2.75) is 0 Å². The van der Waals surface area contributed by atoms with Crippen LogP contribution in [0.1, 0.15) is 20.7 Å². The fourth-order valence-corrected chi connectivity index (χ4v) is 3.75. The Labute approximate surface area is 176 Å². The van der Waals surface area contributed by atoms with Crippen LogP contribution < -0.4 is 4.74 Å². The molecular formula is C22H15ClN4O3. The molecule has 0 radical (unpaired) electrons. The third kappa shape index (κ3) is 2.59. The predicted molar refractivity (Wildman–Crippen MR) is 112 cm³/mol. The lowest BCUT2D eigenvalue weighted by molar-refractivity contribution is 0.0693. The number of ether oxygens (including phenoxy) is 1. The van der Waals surface area contributed by atoms with Gasteiger partial charge in [0.2, 0.25) is 0 Å². The van der Waals surface area contributed by atoms with E-state index in [1.165, 1.54) is 13.2 Å². The van der Waals surface area contributed by atoms with E-state index in [4.69, 9.17) is 21.4 Å². The number of hydrogen-bond acceptors (Lipinski definition) is 5. The lowest BCUT2D eigenvalue weighted by atomic mass is 10.0. The normalized spacial score (nSPS) is 13.2. The van der Waals surface area contributed by atoms with Gasteiger partial charge >= 0.3 is 0 Å². The van der Waals surface area contributed by atoms with Crippen molar-refractivity contribution in [2.75, 3.05) is 14.2 Å². The zero-order valence-electron chi connectivity index (χ0n) is 16.1. The van der Waals surface area contributed by atoms with Gasteiger partial charge in [0, 0.05) is 23.8 Å². The first-order chi connectivity index (χ1) is 14.5. The number of aromatic nitrogens is 3. The Morgan fingerprint density at radius 2 is 1.67 bits per heavy atom. The Morgan fingerprint density at radius 3 is 2.33 bits per heavy atom. The molecule has 2 aromatic carbocycles. The summed E-state index contributed by atoms with van der Waals surface area (Å²) in [6.45, 7) is 0. The molecule has 1 aliphatic heterocycles. The molecular weight excluding hydrogens is 404 g/mol. The topological polar surface area (TPSA) is 77.3 Å². The van der Waals surface area contributed by atoms with E-state index < -0.39 is 0 Å². The van der Waals surface area contributed by atoms with Gasteiger partial charge < -0.3 is 4.74 Å². The fourth-order valence-electron chi connectivity index (χ4n) is 3.62. The largest absolute Gasteiger partial charge is 0.497 e. The molecule has 148 valence electrons. The first-order valence-electron chi connectivity index (χ1n) is 9.14. The van der Waals surface area contributed by atoms with Crippen molar-refractivity contribution in [1.29, 1.82) is 0 Å². The first kappa shape index (κ1) is 18.3. The Hall–Kier alpha value is -3.71. The van der Waals surface area contributed by atoms with Crippen LogP contribution in [-0.2, 0) is 0 Å². The summed E-state index contributed by atoms with van der Waals surface area (Å²) in [6.07, 6.45) is 1.44. The standard InChI is InChI=1S/C22H15ClN4O3/c1-26-21(28)16-11-24-20-18(17(16)22(26)29)19(12-3-9-15(30-2)10-4-12)25-27(20)14-7-5-13(23)6-8-14/h3-11H,1-2H3. The van der Waals surface area contributed by atoms with Gasteiger partial charge in [-0.25, -0.2) is 9.67 Å². The number of pyridine rings is 1. The molecule has 0 N–H and O–H groups in total. The second-order valence-corrected chi connectivity index (χ2v) is 7.32. The van der Waals surface area contributed by atoms with E-state index in [0.717, 1.165) is 16.2 Å². The molecule has 0 atom stereocenters. The van der Waals surface area contributed by atoms with Crippen LogP contribution in [0.4, 0.5) is 0 Å². The van der Waals surface area contributed by atoms with Crippen LogP contribution in [0.25, 0.3) is 28.0 Å². The first-order valence-corrected chi connectivity index (χ1v) is 9.52. The Bertz CT molecular complexity index is 1330. The van der Waals surface area contributed by atoms with Crippen LogP contribution in [0.2, 0.25) is 5.02 Å². The maximum Gasteiger partial charge on any atom is 0.262 e. The highest BCUT2D eigenvalue weighted by Gasteiger charge is 2.37. The maximum atomic E-state index is 12.9. The molecule has 30 heavy (non-hydrogen) atoms. The van der Waals surface area contributed by atoms with E-state index in [2.05, 4.69) is 4.98 Å². The monoisotopic (exact) mass is 418 g/mol. The fraction of sp³-hybridized carbons (Fsp3) is 0.0909. The third-order valence-electron chi connectivity index (χ3n) is 5.18. The van der Waals surface area contributed by atoms with Crippen molar-refractivity contribution in [1.82, 2.24) is 19.7 Å². The molecule has 0 bridgehead atoms. The minimum Gasteiger partial charge on any atom is -0.497 e. The van der Waals surface area contributed by atoms with Crippen molar-refractivity contribution in [2.24, 2.45) is 0 Å². The molecule has 5 rings (SSSR count). The molecule has 0 aliphatic carbocycles. The molecule has 0 saturated carbocycles. The van der Waals surface area contributed by atoms with Gasteiger partial charge in [0.25, 0.3) is 11.8 Å². The molecule has 3 heterocycles. The minimum atomic E-state index is -0.371. The van der Waals surface area contributed by atoms with Crippen molar-refractivity contribution in [3.05, 3.63) is 70.9 Å². The van der Waals surface area contributed by atoms with Gasteiger partial charge in [0.05, 0.1) is 29.3 Å². The van der Waals surface area contributed by atoms with Gasteiger partial charge in [0.1, 0.15) is 11.4 Å². The predicted octanol–water partition coefficient (Wildman–Crippen LogP) is 3.98. The molecule has 2 aromatic heterocycles. The third-order valence-corrected chi connectivity index (χ3v) is 5.44. The van der Waals surface area contributed by atoms with Crippen LogP contribution in [0, 0.1) is 0 Å². The summed E-state index contributed by atoms with van der Waals surface area (Å²) in [4.78, 5) is 31.0. The molecule has 8 heteroatoms. The van der Waals surface area contributed by atoms with E-state index >= 15 is 0 Å². The molecule has 1 aliphatic rings. The van der Waals surface area contributed by atoms with Crippen LogP contribution in [-0.4, -0.2) is 45.6 Å². The van der Waals surface area contributed by atoms with Crippen LogP contribution in [0.5, 0.6) is 5.75 Å². The quantitative estimate of drug-likeness (QED) is 0.470. The smallest absolute Gasteiger partial charge is 0.262 e. The summed E-state index contributed by atoms with van der Waals surface area (Å²) in [5.41, 5.74) is 3.15. The molecule has 0 spiro atoms. The summed E-state index contributed by atoms with van der Waals surface area (Å²) in [6, 6.07) is 14.5. The van der Waals surface area contributed by atoms with Gasteiger partial charge in [-0.1, -0.05) is 11.6 Å². The van der Waals surface area contributed by atoms with E-state index in [1.54, 1.807) is 23.9 Å². The molecule has 0 unspecified atom stereocenters. The van der Waals surface area contributed by atoms with E-state index in [1.807, 2.05) is 36.4 Å². The van der Waals surface area contributed by atoms with Gasteiger partial charge in [0.15, 0.2) is 5.65 Å². The van der Waals surface area contributed by atoms with Gasteiger partial charge in [-0.3, -0.25) is 14.5 Å². The minimum absolute atomic E-state index is 0.278. The summed E-state index contributed by atoms with van der Waals surface area (Å²) in [5, 5.41) is 5.90. The number of carbonyl (C=O) groups is 2. The average Bonchev–Trinajstić information content (AvgIpc) is 3.26. The Balaban J connectivity index is 1.85. The number of hydrogen-bond donors (Lipinski definition) is 0. The molecule has 7 nitrogen and oxygen atoms in total. The van der Waals surface area contributed by atoms with E-state index in [0.29, 0.717) is 33.1 Å². The molecule has 0 saturated heterocycles. The highest BCUT2D eigenvalue weighted by Crippen LogP contribution is 2.36. The van der Waals surface area contributed by atoms with Gasteiger partial charge in [-0.15, -0.1) is 0 Å². The Morgan fingerprint density at radius 1 is 0.967 bits per heavy atom. The average molecular weight is 419 g/mol. The highest BCUT2D eigenvalue weighted by atomic mass is 35.5. The van der Waals surface area contributed by atoms with Crippen molar-refractivity contribution in [3.63, 3.8) is 0 Å². The van der Waals surface area contributed by atoms with Crippen molar-refractivity contribution < 1.29 is 14.3 Å². The SMILES string of the molecule is COc1ccc(-c2nn(-c3ccc(Cl)cc3)c3ncc4c(c23)C(=O)N(C)C4=O)cc1. The number of methoxy groups -OCH3 is 1. The number of halogens is 1. The summed E-state index contributed by atoms with van der Waals surface area (Å²) in [7, 11) is 3.06. The lowest BCUT2D eigenvalue weighted by Crippen LogP contribution is -2.24. The number of rotatable bonds is 3. The summed E-state index contributed by atoms with van der Waals surface area (Å²) >= 11 is 6.03. The lowest BCUT2D eigenvalue weighted by Gasteiger charge is -2.04. The van der Waals surface area contributed by atoms with Crippen LogP contribution in [0.15, 0.2) is 54.7 Å². The molecule has 0 fully saturated rings. The number of fused-ring (bicyclic) bond motifs is 3. The van der Waals surface area contributed by atoms with Gasteiger partial charge in [-0.05, 0) is 48.5 Å². The maximum absolute atomic E-state index is 12.9.